The van der Waals surface area contributed by atoms with Gasteiger partial charge in [-0.15, -0.1) is 0 Å². The molecule has 0 unspecified atom stereocenters. The van der Waals surface area contributed by atoms with Crippen molar-refractivity contribution >= 4 is 11.6 Å². The van der Waals surface area contributed by atoms with Crippen molar-refractivity contribution in [3.63, 3.8) is 0 Å². The highest BCUT2D eigenvalue weighted by Gasteiger charge is 2.25. The number of phenols is 1. The van der Waals surface area contributed by atoms with E-state index in [1.54, 1.807) is 7.11 Å². The molecule has 1 aliphatic rings. The van der Waals surface area contributed by atoms with Crippen molar-refractivity contribution in [1.82, 2.24) is 5.32 Å². The molecule has 1 saturated heterocycles. The topological polar surface area (TPSA) is 41.5 Å². The smallest absolute Gasteiger partial charge is 0.162 e. The molecule has 18 heavy (non-hydrogen) atoms. The van der Waals surface area contributed by atoms with Crippen molar-refractivity contribution in [2.45, 2.75) is 32.1 Å². The van der Waals surface area contributed by atoms with Gasteiger partial charge in [-0.2, -0.15) is 0 Å². The van der Waals surface area contributed by atoms with Gasteiger partial charge in [0.15, 0.2) is 11.5 Å². The summed E-state index contributed by atoms with van der Waals surface area (Å²) in [6, 6.07) is 1.84. The van der Waals surface area contributed by atoms with Crippen LogP contribution in [0.25, 0.3) is 0 Å². The van der Waals surface area contributed by atoms with Crippen LogP contribution in [0, 0.1) is 0 Å². The van der Waals surface area contributed by atoms with Crippen LogP contribution >= 0.6 is 11.6 Å². The Morgan fingerprint density at radius 2 is 2.11 bits per heavy atom. The first kappa shape index (κ1) is 13.5. The van der Waals surface area contributed by atoms with Crippen molar-refractivity contribution in [2.24, 2.45) is 0 Å². The van der Waals surface area contributed by atoms with Gasteiger partial charge in [-0.05, 0) is 49.9 Å². The Bertz CT molecular complexity index is 400. The molecule has 1 aromatic carbocycles. The molecular formula is C14H20ClNO2. The molecule has 0 bridgehead atoms. The lowest BCUT2D eigenvalue weighted by Gasteiger charge is -2.26. The van der Waals surface area contributed by atoms with Crippen molar-refractivity contribution in [2.75, 3.05) is 20.2 Å². The summed E-state index contributed by atoms with van der Waals surface area (Å²) in [6.45, 7) is 4.00. The second-order valence-electron chi connectivity index (χ2n) is 4.69. The summed E-state index contributed by atoms with van der Waals surface area (Å²) >= 11 is 6.44. The molecule has 1 aliphatic heterocycles. The van der Waals surface area contributed by atoms with E-state index in [1.165, 1.54) is 0 Å². The second kappa shape index (κ2) is 5.81. The number of phenolic OH excluding ortho intramolecular Hbond substituents is 1. The first-order chi connectivity index (χ1) is 8.69. The number of aromatic hydroxyl groups is 1. The highest BCUT2D eigenvalue weighted by Crippen LogP contribution is 2.44. The Morgan fingerprint density at radius 3 is 2.67 bits per heavy atom. The van der Waals surface area contributed by atoms with Gasteiger partial charge in [-0.1, -0.05) is 18.5 Å². The van der Waals surface area contributed by atoms with Gasteiger partial charge in [0.05, 0.1) is 12.1 Å². The molecule has 2 rings (SSSR count). The first-order valence-electron chi connectivity index (χ1n) is 6.48. The fourth-order valence-corrected chi connectivity index (χ4v) is 3.03. The van der Waals surface area contributed by atoms with E-state index in [-0.39, 0.29) is 5.75 Å². The minimum Gasteiger partial charge on any atom is -0.504 e. The first-order valence-corrected chi connectivity index (χ1v) is 6.85. The standard InChI is InChI=1S/C14H20ClNO2/c1-3-9-8-11(18-2)14(17)12(13(9)15)10-4-6-16-7-5-10/h8,10,16-17H,3-7H2,1-2H3. The van der Waals surface area contributed by atoms with E-state index in [4.69, 9.17) is 16.3 Å². The number of ether oxygens (including phenoxy) is 1. The molecule has 0 radical (unpaired) electrons. The SMILES string of the molecule is CCc1cc(OC)c(O)c(C2CCNCC2)c1Cl. The Kier molecular flexibility index (Phi) is 4.36. The lowest BCUT2D eigenvalue weighted by Crippen LogP contribution is -2.27. The molecule has 3 nitrogen and oxygen atoms in total. The normalized spacial score (nSPS) is 16.8. The van der Waals surface area contributed by atoms with Crippen LogP contribution in [-0.2, 0) is 6.42 Å². The summed E-state index contributed by atoms with van der Waals surface area (Å²) in [5.74, 6) is 1.07. The van der Waals surface area contributed by atoms with E-state index >= 15 is 0 Å². The molecular weight excluding hydrogens is 250 g/mol. The molecule has 0 spiro atoms. The number of rotatable bonds is 3. The largest absolute Gasteiger partial charge is 0.504 e. The van der Waals surface area contributed by atoms with E-state index < -0.39 is 0 Å². The van der Waals surface area contributed by atoms with E-state index in [9.17, 15) is 5.11 Å². The Morgan fingerprint density at radius 1 is 1.44 bits per heavy atom. The van der Waals surface area contributed by atoms with Gasteiger partial charge in [0.2, 0.25) is 0 Å². The van der Waals surface area contributed by atoms with Gasteiger partial charge >= 0.3 is 0 Å². The number of nitrogens with one attached hydrogen (secondary N) is 1. The third-order valence-corrected chi connectivity index (χ3v) is 4.11. The average molecular weight is 270 g/mol. The summed E-state index contributed by atoms with van der Waals surface area (Å²) in [5, 5.41) is 14.3. The Balaban J connectivity index is 2.48. The molecule has 0 saturated carbocycles. The summed E-state index contributed by atoms with van der Waals surface area (Å²) in [7, 11) is 1.58. The highest BCUT2D eigenvalue weighted by atomic mass is 35.5. The van der Waals surface area contributed by atoms with Crippen molar-refractivity contribution in [3.8, 4) is 11.5 Å². The Hall–Kier alpha value is -0.930. The minimum absolute atomic E-state index is 0.214. The summed E-state index contributed by atoms with van der Waals surface area (Å²) in [4.78, 5) is 0. The summed E-state index contributed by atoms with van der Waals surface area (Å²) in [5.41, 5.74) is 1.91. The van der Waals surface area contributed by atoms with Crippen LogP contribution in [-0.4, -0.2) is 25.3 Å². The Labute approximate surface area is 113 Å². The summed E-state index contributed by atoms with van der Waals surface area (Å²) in [6.07, 6.45) is 2.85. The third kappa shape index (κ3) is 2.43. The fraction of sp³-hybridized carbons (Fsp3) is 0.571. The van der Waals surface area contributed by atoms with Gasteiger partial charge < -0.3 is 15.2 Å². The van der Waals surface area contributed by atoms with Gasteiger partial charge in [-0.25, -0.2) is 0 Å². The number of halogens is 1. The van der Waals surface area contributed by atoms with Crippen molar-refractivity contribution in [1.29, 1.82) is 0 Å². The van der Waals surface area contributed by atoms with Crippen LogP contribution in [0.1, 0.15) is 36.8 Å². The van der Waals surface area contributed by atoms with Crippen LogP contribution in [0.15, 0.2) is 6.07 Å². The molecule has 2 N–H and O–H groups in total. The molecule has 0 atom stereocenters. The fourth-order valence-electron chi connectivity index (χ4n) is 2.60. The molecule has 0 aromatic heterocycles. The average Bonchev–Trinajstić information content (AvgIpc) is 2.40. The van der Waals surface area contributed by atoms with Crippen LogP contribution < -0.4 is 10.1 Å². The molecule has 0 aliphatic carbocycles. The van der Waals surface area contributed by atoms with Crippen LogP contribution in [0.4, 0.5) is 0 Å². The van der Waals surface area contributed by atoms with E-state index in [0.29, 0.717) is 16.7 Å². The van der Waals surface area contributed by atoms with Gasteiger partial charge in [0.1, 0.15) is 0 Å². The van der Waals surface area contributed by atoms with Crippen LogP contribution in [0.3, 0.4) is 0 Å². The van der Waals surface area contributed by atoms with Crippen molar-refractivity contribution in [3.05, 3.63) is 22.2 Å². The number of benzene rings is 1. The van der Waals surface area contributed by atoms with Gasteiger partial charge in [-0.3, -0.25) is 0 Å². The minimum atomic E-state index is 0.214. The number of piperidine rings is 1. The number of aryl methyl sites for hydroxylation is 1. The maximum atomic E-state index is 10.3. The predicted molar refractivity (Wildman–Crippen MR) is 73.9 cm³/mol. The zero-order valence-corrected chi connectivity index (χ0v) is 11.7. The van der Waals surface area contributed by atoms with E-state index in [0.717, 1.165) is 43.5 Å². The maximum Gasteiger partial charge on any atom is 0.162 e. The maximum absolute atomic E-state index is 10.3. The summed E-state index contributed by atoms with van der Waals surface area (Å²) < 4.78 is 5.25. The third-order valence-electron chi connectivity index (χ3n) is 3.66. The molecule has 100 valence electrons. The highest BCUT2D eigenvalue weighted by molar-refractivity contribution is 6.32. The van der Waals surface area contributed by atoms with E-state index in [1.807, 2.05) is 6.07 Å². The molecule has 0 amide bonds. The monoisotopic (exact) mass is 269 g/mol. The lowest BCUT2D eigenvalue weighted by atomic mass is 9.88. The number of hydrogen-bond donors (Lipinski definition) is 2. The number of methoxy groups -OCH3 is 1. The van der Waals surface area contributed by atoms with E-state index in [2.05, 4.69) is 12.2 Å². The zero-order valence-electron chi connectivity index (χ0n) is 10.9. The van der Waals surface area contributed by atoms with Crippen molar-refractivity contribution < 1.29 is 9.84 Å². The van der Waals surface area contributed by atoms with Crippen LogP contribution in [0.2, 0.25) is 5.02 Å². The quantitative estimate of drug-likeness (QED) is 0.886. The lowest BCUT2D eigenvalue weighted by molar-refractivity contribution is 0.362. The predicted octanol–water partition coefficient (Wildman–Crippen LogP) is 3.08. The van der Waals surface area contributed by atoms with Crippen LogP contribution in [0.5, 0.6) is 11.5 Å². The second-order valence-corrected chi connectivity index (χ2v) is 5.07. The van der Waals surface area contributed by atoms with Gasteiger partial charge in [0, 0.05) is 5.56 Å². The molecule has 1 heterocycles. The molecule has 1 fully saturated rings. The number of hydrogen-bond acceptors (Lipinski definition) is 3. The molecule has 1 aromatic rings. The molecule has 4 heteroatoms. The van der Waals surface area contributed by atoms with Gasteiger partial charge in [0.25, 0.3) is 0 Å². The zero-order chi connectivity index (χ0) is 13.1.